The fourth-order valence-electron chi connectivity index (χ4n) is 2.19. The highest BCUT2D eigenvalue weighted by atomic mass is 35.5. The average Bonchev–Trinajstić information content (AvgIpc) is 2.35. The van der Waals surface area contributed by atoms with Crippen molar-refractivity contribution in [3.05, 3.63) is 11.8 Å². The zero-order valence-electron chi connectivity index (χ0n) is 12.9. The number of ether oxygens (including phenoxy) is 1. The number of hydrogen-bond donors (Lipinski definition) is 4. The van der Waals surface area contributed by atoms with Gasteiger partial charge in [0.2, 0.25) is 0 Å². The first-order valence-corrected chi connectivity index (χ1v) is 6.63. The third-order valence-electron chi connectivity index (χ3n) is 3.49. The molecule has 0 saturated carbocycles. The lowest BCUT2D eigenvalue weighted by Crippen LogP contribution is -3.00. The Hall–Kier alpha value is -0.860. The summed E-state index contributed by atoms with van der Waals surface area (Å²) in [5.41, 5.74) is 0. The Kier molecular flexibility index (Phi) is 10.6. The normalized spacial score (nSPS) is 18.9. The van der Waals surface area contributed by atoms with Gasteiger partial charge in [0.15, 0.2) is 24.4 Å². The minimum absolute atomic E-state index is 0. The molecular weight excluding hydrogens is 302 g/mol. The van der Waals surface area contributed by atoms with Crippen LogP contribution in [0.3, 0.4) is 0 Å². The van der Waals surface area contributed by atoms with E-state index in [0.717, 1.165) is 0 Å². The van der Waals surface area contributed by atoms with Crippen LogP contribution in [-0.2, 0) is 9.53 Å². The van der Waals surface area contributed by atoms with Crippen LogP contribution in [0.2, 0.25) is 0 Å². The molecule has 0 aliphatic heterocycles. The lowest BCUT2D eigenvalue weighted by molar-refractivity contribution is -1.04. The van der Waals surface area contributed by atoms with Gasteiger partial charge in [-0.3, -0.25) is 0 Å². The number of halogens is 1. The lowest BCUT2D eigenvalue weighted by atomic mass is 10.2. The average molecular weight is 328 g/mol. The highest BCUT2D eigenvalue weighted by Gasteiger charge is 2.41. The number of rotatable bonds is 8. The number of aliphatic hydroxyl groups is 4. The summed E-state index contributed by atoms with van der Waals surface area (Å²) in [6.07, 6.45) is -1.38. The SMILES string of the molecule is CC=C(O)C(=O)OCCC[N+](C(C)O)(C(C)O)C(C)O.[Cl-]. The van der Waals surface area contributed by atoms with Crippen molar-refractivity contribution >= 4 is 5.97 Å². The molecule has 0 bridgehead atoms. The molecule has 3 atom stereocenters. The molecule has 4 N–H and O–H groups in total. The van der Waals surface area contributed by atoms with Crippen LogP contribution in [0.5, 0.6) is 0 Å². The van der Waals surface area contributed by atoms with E-state index in [1.54, 1.807) is 0 Å². The van der Waals surface area contributed by atoms with Gasteiger partial charge in [-0.1, -0.05) is 0 Å². The highest BCUT2D eigenvalue weighted by Crippen LogP contribution is 2.21. The van der Waals surface area contributed by atoms with Crippen LogP contribution in [0.1, 0.15) is 34.1 Å². The van der Waals surface area contributed by atoms with Gasteiger partial charge in [-0.15, -0.1) is 0 Å². The third kappa shape index (κ3) is 5.80. The van der Waals surface area contributed by atoms with Crippen molar-refractivity contribution in [2.24, 2.45) is 0 Å². The largest absolute Gasteiger partial charge is 1.00 e. The van der Waals surface area contributed by atoms with Gasteiger partial charge in [0.25, 0.3) is 0 Å². The number of aliphatic hydroxyl groups excluding tert-OH is 4. The van der Waals surface area contributed by atoms with Crippen LogP contribution in [-0.4, -0.2) is 62.7 Å². The number of carbonyl (C=O) groups is 1. The lowest BCUT2D eigenvalue weighted by Gasteiger charge is -2.45. The molecule has 8 heteroatoms. The van der Waals surface area contributed by atoms with Crippen molar-refractivity contribution in [1.29, 1.82) is 0 Å². The minimum atomic E-state index is -0.977. The molecule has 0 amide bonds. The maximum Gasteiger partial charge on any atom is 0.373 e. The number of carbonyl (C=O) groups excluding carboxylic acids is 1. The summed E-state index contributed by atoms with van der Waals surface area (Å²) < 4.78 is 4.49. The van der Waals surface area contributed by atoms with Crippen molar-refractivity contribution in [3.63, 3.8) is 0 Å². The van der Waals surface area contributed by atoms with Crippen LogP contribution in [0.25, 0.3) is 0 Å². The van der Waals surface area contributed by atoms with Crippen molar-refractivity contribution in [3.8, 4) is 0 Å². The van der Waals surface area contributed by atoms with E-state index in [4.69, 9.17) is 9.84 Å². The van der Waals surface area contributed by atoms with Crippen molar-refractivity contribution in [1.82, 2.24) is 0 Å². The van der Waals surface area contributed by atoms with Gasteiger partial charge in [-0.2, -0.15) is 0 Å². The maximum absolute atomic E-state index is 11.2. The van der Waals surface area contributed by atoms with Gasteiger partial charge in [0.1, 0.15) is 0 Å². The van der Waals surface area contributed by atoms with E-state index in [0.29, 0.717) is 6.42 Å². The van der Waals surface area contributed by atoms with E-state index in [2.05, 4.69) is 0 Å². The van der Waals surface area contributed by atoms with Crippen LogP contribution in [0, 0.1) is 0 Å². The van der Waals surface area contributed by atoms with Gasteiger partial charge in [-0.25, -0.2) is 9.28 Å². The molecule has 0 aromatic carbocycles. The standard InChI is InChI=1S/C13H25NO6.ClH/c1-5-12(18)13(19)20-8-6-7-14(9(2)15,10(3)16)11(4)17;/h5,9-11,15-17H,6-8H2,1-4H3;1H. The Morgan fingerprint density at radius 3 is 1.90 bits per heavy atom. The second kappa shape index (κ2) is 9.97. The highest BCUT2D eigenvalue weighted by molar-refractivity contribution is 5.85. The summed E-state index contributed by atoms with van der Waals surface area (Å²) >= 11 is 0. The second-order valence-corrected chi connectivity index (χ2v) is 4.78. The molecule has 7 nitrogen and oxygen atoms in total. The summed E-state index contributed by atoms with van der Waals surface area (Å²) in [6.45, 7) is 6.19. The number of allylic oxidation sites excluding steroid dienone is 1. The fraction of sp³-hybridized carbons (Fsp3) is 0.769. The monoisotopic (exact) mass is 327 g/mol. The topological polar surface area (TPSA) is 107 Å². The first-order valence-electron chi connectivity index (χ1n) is 6.63. The molecule has 0 radical (unpaired) electrons. The Labute approximate surface area is 131 Å². The second-order valence-electron chi connectivity index (χ2n) is 4.78. The zero-order chi connectivity index (χ0) is 15.9. The quantitative estimate of drug-likeness (QED) is 0.0959. The van der Waals surface area contributed by atoms with Gasteiger partial charge in [0.05, 0.1) is 13.2 Å². The van der Waals surface area contributed by atoms with Gasteiger partial charge in [-0.05, 0) is 13.0 Å². The molecule has 0 aliphatic rings. The number of esters is 1. The van der Waals surface area contributed by atoms with Crippen LogP contribution < -0.4 is 12.4 Å². The Balaban J connectivity index is 0. The fourth-order valence-corrected chi connectivity index (χ4v) is 2.19. The molecule has 0 saturated heterocycles. The smallest absolute Gasteiger partial charge is 0.373 e. The molecule has 3 unspecified atom stereocenters. The molecular formula is C13H26ClNO6. The minimum Gasteiger partial charge on any atom is -1.00 e. The summed E-state index contributed by atoms with van der Waals surface area (Å²) in [4.78, 5) is 11.2. The summed E-state index contributed by atoms with van der Waals surface area (Å²) in [7, 11) is 0. The van der Waals surface area contributed by atoms with E-state index < -0.39 is 30.4 Å². The van der Waals surface area contributed by atoms with E-state index in [-0.39, 0.29) is 30.0 Å². The first kappa shape index (κ1) is 22.4. The molecule has 0 aromatic rings. The maximum atomic E-state index is 11.2. The Morgan fingerprint density at radius 1 is 1.14 bits per heavy atom. The van der Waals surface area contributed by atoms with Crippen molar-refractivity contribution in [2.45, 2.75) is 52.8 Å². The third-order valence-corrected chi connectivity index (χ3v) is 3.49. The Bertz CT molecular complexity index is 322. The van der Waals surface area contributed by atoms with Crippen LogP contribution >= 0.6 is 0 Å². The number of quaternary nitrogens is 1. The van der Waals surface area contributed by atoms with E-state index in [9.17, 15) is 20.1 Å². The van der Waals surface area contributed by atoms with Crippen LogP contribution in [0.4, 0.5) is 0 Å². The molecule has 0 fully saturated rings. The summed E-state index contributed by atoms with van der Waals surface area (Å²) in [5.74, 6) is -1.29. The first-order chi connectivity index (χ1) is 9.20. The van der Waals surface area contributed by atoms with Crippen LogP contribution in [0.15, 0.2) is 11.8 Å². The molecule has 0 rings (SSSR count). The number of hydrogen-bond acceptors (Lipinski definition) is 6. The van der Waals surface area contributed by atoms with E-state index >= 15 is 0 Å². The molecule has 0 aliphatic carbocycles. The van der Waals surface area contributed by atoms with Crippen molar-refractivity contribution in [2.75, 3.05) is 13.2 Å². The Morgan fingerprint density at radius 2 is 1.57 bits per heavy atom. The van der Waals surface area contributed by atoms with Gasteiger partial charge in [0, 0.05) is 27.2 Å². The molecule has 0 aromatic heterocycles. The predicted octanol–water partition coefficient (Wildman–Crippen LogP) is -2.78. The summed E-state index contributed by atoms with van der Waals surface area (Å²) in [6, 6.07) is 0. The molecule has 0 spiro atoms. The predicted molar refractivity (Wildman–Crippen MR) is 72.1 cm³/mol. The molecule has 21 heavy (non-hydrogen) atoms. The number of nitrogens with zero attached hydrogens (tertiary/aromatic N) is 1. The van der Waals surface area contributed by atoms with E-state index in [1.807, 2.05) is 0 Å². The summed E-state index contributed by atoms with van der Waals surface area (Å²) in [5, 5.41) is 38.6. The zero-order valence-corrected chi connectivity index (χ0v) is 13.6. The van der Waals surface area contributed by atoms with Gasteiger partial charge < -0.3 is 37.6 Å². The van der Waals surface area contributed by atoms with Gasteiger partial charge >= 0.3 is 5.97 Å². The van der Waals surface area contributed by atoms with Crippen molar-refractivity contribution < 1.29 is 46.8 Å². The molecule has 0 heterocycles. The molecule has 126 valence electrons. The van der Waals surface area contributed by atoms with E-state index in [1.165, 1.54) is 33.8 Å².